The van der Waals surface area contributed by atoms with Crippen LogP contribution in [0, 0.1) is 0 Å². The summed E-state index contributed by atoms with van der Waals surface area (Å²) in [7, 11) is 0. The van der Waals surface area contributed by atoms with Crippen LogP contribution in [0.25, 0.3) is 11.2 Å². The number of H-pyrrole nitrogens is 1. The minimum Gasteiger partial charge on any atom is -0.240 e. The lowest BCUT2D eigenvalue weighted by atomic mass is 9.91. The monoisotopic (exact) mass is 303 g/mol. The molecule has 0 aliphatic rings. The Bertz CT molecular complexity index is 525. The number of fused-ring (bicyclic) bond motifs is 1. The normalized spacial score (nSPS) is 11.6. The van der Waals surface area contributed by atoms with E-state index in [1.807, 2.05) is 0 Å². The first-order chi connectivity index (χ1) is 10.9. The Kier molecular flexibility index (Phi) is 7.26. The number of nitrogens with one attached hydrogen (secondary N) is 1. The molecule has 0 radical (unpaired) electrons. The van der Waals surface area contributed by atoms with Gasteiger partial charge in [0.05, 0.1) is 5.69 Å². The number of hydrogen-bond acceptors (Lipinski definition) is 4. The molecule has 0 saturated heterocycles. The van der Waals surface area contributed by atoms with Crippen LogP contribution in [0.1, 0.15) is 89.7 Å². The number of nitrogens with zero attached hydrogens (tertiary/aromatic N) is 4. The smallest absolute Gasteiger partial charge is 0.179 e. The summed E-state index contributed by atoms with van der Waals surface area (Å²) in [6.45, 7) is 4.51. The summed E-state index contributed by atoms with van der Waals surface area (Å²) < 4.78 is 0. The van der Waals surface area contributed by atoms with E-state index < -0.39 is 0 Å². The molecule has 2 aromatic heterocycles. The molecule has 2 rings (SSSR count). The first kappa shape index (κ1) is 16.8. The van der Waals surface area contributed by atoms with Gasteiger partial charge in [0.1, 0.15) is 6.33 Å². The van der Waals surface area contributed by atoms with Gasteiger partial charge in [0, 0.05) is 5.92 Å². The largest absolute Gasteiger partial charge is 0.240 e. The van der Waals surface area contributed by atoms with E-state index in [1.165, 1.54) is 64.2 Å². The fourth-order valence-electron chi connectivity index (χ4n) is 3.05. The molecule has 0 aliphatic heterocycles. The maximum atomic E-state index is 4.54. The first-order valence-corrected chi connectivity index (χ1v) is 8.88. The van der Waals surface area contributed by atoms with E-state index in [0.29, 0.717) is 5.92 Å². The van der Waals surface area contributed by atoms with Crippen molar-refractivity contribution in [1.82, 2.24) is 25.4 Å². The quantitative estimate of drug-likeness (QED) is 0.607. The molecule has 0 fully saturated rings. The summed E-state index contributed by atoms with van der Waals surface area (Å²) in [5, 5.41) is 10.9. The zero-order chi connectivity index (χ0) is 15.6. The fourth-order valence-corrected chi connectivity index (χ4v) is 3.05. The Morgan fingerprint density at radius 2 is 1.59 bits per heavy atom. The molecule has 5 heteroatoms. The lowest BCUT2D eigenvalue weighted by Gasteiger charge is -2.16. The van der Waals surface area contributed by atoms with Crippen molar-refractivity contribution in [2.24, 2.45) is 0 Å². The van der Waals surface area contributed by atoms with Gasteiger partial charge in [-0.3, -0.25) is 0 Å². The summed E-state index contributed by atoms with van der Waals surface area (Å²) in [4.78, 5) is 8.76. The van der Waals surface area contributed by atoms with Crippen molar-refractivity contribution >= 4 is 11.2 Å². The van der Waals surface area contributed by atoms with Crippen molar-refractivity contribution in [2.45, 2.75) is 84.0 Å². The van der Waals surface area contributed by atoms with Crippen molar-refractivity contribution in [3.05, 3.63) is 12.0 Å². The summed E-state index contributed by atoms with van der Waals surface area (Å²) in [6.07, 6.45) is 14.4. The van der Waals surface area contributed by atoms with Crippen LogP contribution in [0.4, 0.5) is 0 Å². The summed E-state index contributed by atoms with van der Waals surface area (Å²) in [5.41, 5.74) is 2.71. The minimum atomic E-state index is 0.490. The number of unbranched alkanes of at least 4 members (excludes halogenated alkanes) is 6. The van der Waals surface area contributed by atoms with Crippen LogP contribution >= 0.6 is 0 Å². The van der Waals surface area contributed by atoms with E-state index >= 15 is 0 Å². The Morgan fingerprint density at radius 3 is 2.23 bits per heavy atom. The molecule has 5 nitrogen and oxygen atoms in total. The van der Waals surface area contributed by atoms with Crippen molar-refractivity contribution in [3.8, 4) is 0 Å². The average Bonchev–Trinajstić information content (AvgIpc) is 3.02. The zero-order valence-electron chi connectivity index (χ0n) is 14.0. The van der Waals surface area contributed by atoms with Gasteiger partial charge in [0.2, 0.25) is 0 Å². The standard InChI is InChI=1S/C17H29N5/c1-3-5-7-9-11-14(12-10-8-6-4-2)15-16-17(19-13-18-15)21-22-20-16/h13-14H,3-12H2,1-2H3,(H,18,19,20,21,22). The molecule has 0 saturated carbocycles. The molecule has 2 heterocycles. The molecule has 0 amide bonds. The van der Waals surface area contributed by atoms with E-state index in [1.54, 1.807) is 6.33 Å². The lowest BCUT2D eigenvalue weighted by Crippen LogP contribution is -2.04. The first-order valence-electron chi connectivity index (χ1n) is 8.88. The summed E-state index contributed by atoms with van der Waals surface area (Å²) in [5.74, 6) is 0.490. The Labute approximate surface area is 133 Å². The van der Waals surface area contributed by atoms with Gasteiger partial charge in [-0.05, 0) is 12.8 Å². The number of aromatic nitrogens is 5. The van der Waals surface area contributed by atoms with Crippen LogP contribution in [0.2, 0.25) is 0 Å². The molecule has 0 spiro atoms. The number of aromatic amines is 1. The molecule has 0 unspecified atom stereocenters. The third kappa shape index (κ3) is 4.75. The van der Waals surface area contributed by atoms with Gasteiger partial charge in [-0.25, -0.2) is 15.1 Å². The van der Waals surface area contributed by atoms with Crippen LogP contribution < -0.4 is 0 Å². The molecule has 22 heavy (non-hydrogen) atoms. The second-order valence-corrected chi connectivity index (χ2v) is 6.16. The van der Waals surface area contributed by atoms with Gasteiger partial charge >= 0.3 is 0 Å². The van der Waals surface area contributed by atoms with E-state index in [2.05, 4.69) is 39.2 Å². The Morgan fingerprint density at radius 1 is 0.909 bits per heavy atom. The van der Waals surface area contributed by atoms with Crippen molar-refractivity contribution in [2.75, 3.05) is 0 Å². The van der Waals surface area contributed by atoms with E-state index in [9.17, 15) is 0 Å². The fraction of sp³-hybridized carbons (Fsp3) is 0.765. The van der Waals surface area contributed by atoms with Crippen LogP contribution in [0.15, 0.2) is 6.33 Å². The highest BCUT2D eigenvalue weighted by molar-refractivity contribution is 5.71. The van der Waals surface area contributed by atoms with Crippen LogP contribution in [-0.2, 0) is 0 Å². The van der Waals surface area contributed by atoms with Gasteiger partial charge < -0.3 is 0 Å². The van der Waals surface area contributed by atoms with Gasteiger partial charge in [-0.15, -0.1) is 5.10 Å². The summed E-state index contributed by atoms with van der Waals surface area (Å²) >= 11 is 0. The van der Waals surface area contributed by atoms with Gasteiger partial charge in [-0.2, -0.15) is 0 Å². The predicted octanol–water partition coefficient (Wildman–Crippen LogP) is 4.77. The SMILES string of the molecule is CCCCCCC(CCCCCC)c1ncnc2[nH]nnc12. The van der Waals surface area contributed by atoms with E-state index in [4.69, 9.17) is 0 Å². The molecule has 0 aromatic carbocycles. The van der Waals surface area contributed by atoms with E-state index in [0.717, 1.165) is 16.9 Å². The molecular formula is C17H29N5. The zero-order valence-corrected chi connectivity index (χ0v) is 14.0. The highest BCUT2D eigenvalue weighted by Crippen LogP contribution is 2.30. The maximum absolute atomic E-state index is 4.54. The second kappa shape index (κ2) is 9.49. The van der Waals surface area contributed by atoms with E-state index in [-0.39, 0.29) is 0 Å². The van der Waals surface area contributed by atoms with Crippen LogP contribution in [0.5, 0.6) is 0 Å². The Balaban J connectivity index is 2.03. The van der Waals surface area contributed by atoms with Crippen molar-refractivity contribution in [3.63, 3.8) is 0 Å². The molecular weight excluding hydrogens is 274 g/mol. The highest BCUT2D eigenvalue weighted by atomic mass is 15.3. The lowest BCUT2D eigenvalue weighted by molar-refractivity contribution is 0.490. The highest BCUT2D eigenvalue weighted by Gasteiger charge is 2.18. The third-order valence-corrected chi connectivity index (χ3v) is 4.36. The molecule has 0 aliphatic carbocycles. The number of hydrogen-bond donors (Lipinski definition) is 1. The molecule has 1 N–H and O–H groups in total. The van der Waals surface area contributed by atoms with Gasteiger partial charge in [-0.1, -0.05) is 70.4 Å². The molecule has 0 bridgehead atoms. The van der Waals surface area contributed by atoms with Gasteiger partial charge in [0.15, 0.2) is 11.2 Å². The molecule has 2 aromatic rings. The van der Waals surface area contributed by atoms with Gasteiger partial charge in [0.25, 0.3) is 0 Å². The summed E-state index contributed by atoms with van der Waals surface area (Å²) in [6, 6.07) is 0. The minimum absolute atomic E-state index is 0.490. The van der Waals surface area contributed by atoms with Crippen LogP contribution in [-0.4, -0.2) is 25.4 Å². The molecule has 0 atom stereocenters. The number of rotatable bonds is 11. The maximum Gasteiger partial charge on any atom is 0.179 e. The van der Waals surface area contributed by atoms with Crippen LogP contribution in [0.3, 0.4) is 0 Å². The second-order valence-electron chi connectivity index (χ2n) is 6.16. The van der Waals surface area contributed by atoms with Crippen molar-refractivity contribution < 1.29 is 0 Å². The van der Waals surface area contributed by atoms with Crippen molar-refractivity contribution in [1.29, 1.82) is 0 Å². The third-order valence-electron chi connectivity index (χ3n) is 4.36. The predicted molar refractivity (Wildman–Crippen MR) is 89.7 cm³/mol. The molecule has 122 valence electrons. The average molecular weight is 303 g/mol. The Hall–Kier alpha value is -1.52. The topological polar surface area (TPSA) is 67.3 Å².